The molecule has 82 valence electrons. The van der Waals surface area contributed by atoms with Gasteiger partial charge in [-0.1, -0.05) is 32.1 Å². The van der Waals surface area contributed by atoms with Gasteiger partial charge in [-0.2, -0.15) is 0 Å². The van der Waals surface area contributed by atoms with E-state index >= 15 is 0 Å². The van der Waals surface area contributed by atoms with E-state index in [1.165, 1.54) is 58.0 Å². The lowest BCUT2D eigenvalue weighted by Crippen LogP contribution is -2.30. The molecule has 2 aliphatic rings. The maximum Gasteiger partial charge on any atom is 0.137 e. The van der Waals surface area contributed by atoms with Crippen LogP contribution >= 0.6 is 0 Å². The minimum absolute atomic E-state index is 0.467. The van der Waals surface area contributed by atoms with Crippen molar-refractivity contribution in [1.29, 1.82) is 0 Å². The predicted octanol–water partition coefficient (Wildman–Crippen LogP) is 2.78. The minimum Gasteiger partial charge on any atom is -0.353 e. The average molecular weight is 197 g/mol. The molecule has 0 N–H and O–H groups in total. The van der Waals surface area contributed by atoms with E-state index in [0.29, 0.717) is 12.3 Å². The molecule has 0 aromatic heterocycles. The molecule has 2 fully saturated rings. The van der Waals surface area contributed by atoms with Gasteiger partial charge in [-0.25, -0.2) is 0 Å². The molecular weight excluding hydrogens is 174 g/mol. The summed E-state index contributed by atoms with van der Waals surface area (Å²) in [6.45, 7) is 4.70. The van der Waals surface area contributed by atoms with E-state index in [9.17, 15) is 0 Å². The highest BCUT2D eigenvalue weighted by molar-refractivity contribution is 4.81. The summed E-state index contributed by atoms with van der Waals surface area (Å²) >= 11 is 0. The molecule has 0 saturated carbocycles. The smallest absolute Gasteiger partial charge is 0.137 e. The van der Waals surface area contributed by atoms with Crippen LogP contribution in [-0.2, 0) is 4.74 Å². The van der Waals surface area contributed by atoms with Crippen molar-refractivity contribution in [3.05, 3.63) is 0 Å². The monoisotopic (exact) mass is 197 g/mol. The molecule has 0 spiro atoms. The van der Waals surface area contributed by atoms with Crippen LogP contribution in [0.2, 0.25) is 0 Å². The Bertz CT molecular complexity index is 162. The fraction of sp³-hybridized carbons (Fsp3) is 1.00. The maximum atomic E-state index is 5.55. The summed E-state index contributed by atoms with van der Waals surface area (Å²) < 4.78 is 5.55. The largest absolute Gasteiger partial charge is 0.353 e. The molecule has 2 atom stereocenters. The van der Waals surface area contributed by atoms with Crippen LogP contribution in [0.25, 0.3) is 0 Å². The topological polar surface area (TPSA) is 15.8 Å². The Balaban J connectivity index is 1.75. The van der Waals surface area contributed by atoms with Gasteiger partial charge in [-0.05, 0) is 19.8 Å². The number of rotatable bonds is 1. The second kappa shape index (κ2) is 5.13. The quantitative estimate of drug-likeness (QED) is 0.601. The molecule has 2 saturated heterocycles. The minimum atomic E-state index is 0.467. The zero-order valence-electron chi connectivity index (χ0n) is 9.37. The Morgan fingerprint density at radius 2 is 1.29 bits per heavy atom. The van der Waals surface area contributed by atoms with Gasteiger partial charge in [-0.3, -0.25) is 4.90 Å². The average Bonchev–Trinajstić information content (AvgIpc) is 2.92. The lowest BCUT2D eigenvalue weighted by Gasteiger charge is -2.21. The van der Waals surface area contributed by atoms with Crippen molar-refractivity contribution in [2.45, 2.75) is 64.2 Å². The van der Waals surface area contributed by atoms with Gasteiger partial charge in [0, 0.05) is 13.1 Å². The summed E-state index contributed by atoms with van der Waals surface area (Å²) in [4.78, 5) is 2.55. The van der Waals surface area contributed by atoms with Crippen molar-refractivity contribution < 1.29 is 4.74 Å². The molecule has 0 radical (unpaired) electrons. The molecule has 0 amide bonds. The van der Waals surface area contributed by atoms with Gasteiger partial charge >= 0.3 is 0 Å². The van der Waals surface area contributed by atoms with Gasteiger partial charge in [0.1, 0.15) is 6.23 Å². The van der Waals surface area contributed by atoms with Crippen LogP contribution in [0.1, 0.15) is 51.9 Å². The first-order valence-corrected chi connectivity index (χ1v) is 6.27. The van der Waals surface area contributed by atoms with Crippen molar-refractivity contribution >= 4 is 0 Å². The molecule has 2 nitrogen and oxygen atoms in total. The third-order valence-corrected chi connectivity index (χ3v) is 3.43. The Morgan fingerprint density at radius 1 is 0.857 bits per heavy atom. The predicted molar refractivity (Wildman–Crippen MR) is 58.2 cm³/mol. The fourth-order valence-electron chi connectivity index (χ4n) is 2.44. The highest BCUT2D eigenvalue weighted by Crippen LogP contribution is 2.26. The van der Waals surface area contributed by atoms with E-state index in [1.54, 1.807) is 0 Å². The first-order chi connectivity index (χ1) is 6.88. The van der Waals surface area contributed by atoms with E-state index in [2.05, 4.69) is 11.8 Å². The van der Waals surface area contributed by atoms with Crippen LogP contribution < -0.4 is 0 Å². The van der Waals surface area contributed by atoms with E-state index < -0.39 is 0 Å². The Morgan fingerprint density at radius 3 is 1.71 bits per heavy atom. The van der Waals surface area contributed by atoms with Gasteiger partial charge in [0.15, 0.2) is 0 Å². The second-order valence-electron chi connectivity index (χ2n) is 4.74. The van der Waals surface area contributed by atoms with Crippen LogP contribution in [-0.4, -0.2) is 30.3 Å². The highest BCUT2D eigenvalue weighted by Gasteiger charge is 2.38. The van der Waals surface area contributed by atoms with E-state index in [-0.39, 0.29) is 0 Å². The number of hydrogen-bond donors (Lipinski definition) is 0. The molecule has 2 rings (SSSR count). The normalized spacial score (nSPS) is 36.6. The Labute approximate surface area is 87.6 Å². The van der Waals surface area contributed by atoms with Crippen LogP contribution in [0.15, 0.2) is 0 Å². The van der Waals surface area contributed by atoms with Crippen LogP contribution in [0, 0.1) is 0 Å². The molecule has 2 heterocycles. The lowest BCUT2D eigenvalue weighted by molar-refractivity contribution is 0.166. The van der Waals surface area contributed by atoms with Crippen molar-refractivity contribution in [2.24, 2.45) is 0 Å². The van der Waals surface area contributed by atoms with Crippen LogP contribution in [0.3, 0.4) is 0 Å². The van der Waals surface area contributed by atoms with Crippen molar-refractivity contribution in [3.8, 4) is 0 Å². The molecule has 2 heteroatoms. The van der Waals surface area contributed by atoms with E-state index in [0.717, 1.165) is 0 Å². The van der Waals surface area contributed by atoms with Crippen molar-refractivity contribution in [1.82, 2.24) is 4.90 Å². The molecule has 0 aliphatic carbocycles. The summed E-state index contributed by atoms with van der Waals surface area (Å²) in [5.74, 6) is 0. The van der Waals surface area contributed by atoms with Gasteiger partial charge in [0.05, 0.1) is 6.10 Å². The summed E-state index contributed by atoms with van der Waals surface area (Å²) in [6.07, 6.45) is 10.9. The number of epoxide rings is 1. The van der Waals surface area contributed by atoms with Gasteiger partial charge in [-0.15, -0.1) is 0 Å². The zero-order valence-corrected chi connectivity index (χ0v) is 9.37. The van der Waals surface area contributed by atoms with Crippen LogP contribution in [0.5, 0.6) is 0 Å². The molecule has 0 bridgehead atoms. The van der Waals surface area contributed by atoms with E-state index in [4.69, 9.17) is 4.74 Å². The maximum absolute atomic E-state index is 5.55. The lowest BCUT2D eigenvalue weighted by atomic mass is 10.1. The number of nitrogens with zero attached hydrogens (tertiary/aromatic N) is 1. The fourth-order valence-corrected chi connectivity index (χ4v) is 2.44. The van der Waals surface area contributed by atoms with Crippen molar-refractivity contribution in [2.75, 3.05) is 13.1 Å². The second-order valence-corrected chi connectivity index (χ2v) is 4.74. The molecule has 14 heavy (non-hydrogen) atoms. The Kier molecular flexibility index (Phi) is 3.82. The van der Waals surface area contributed by atoms with Crippen LogP contribution in [0.4, 0.5) is 0 Å². The number of ether oxygens (including phenoxy) is 1. The molecule has 0 aromatic rings. The summed E-state index contributed by atoms with van der Waals surface area (Å²) in [5.41, 5.74) is 0. The van der Waals surface area contributed by atoms with Gasteiger partial charge in [0.2, 0.25) is 0 Å². The zero-order chi connectivity index (χ0) is 9.80. The number of hydrogen-bond acceptors (Lipinski definition) is 2. The van der Waals surface area contributed by atoms with Gasteiger partial charge in [0.25, 0.3) is 0 Å². The SMILES string of the molecule is CC1OC1N1CCCCCCCCC1. The molecular formula is C12H23NO. The van der Waals surface area contributed by atoms with E-state index in [1.807, 2.05) is 0 Å². The molecule has 2 unspecified atom stereocenters. The third kappa shape index (κ3) is 2.96. The van der Waals surface area contributed by atoms with Gasteiger partial charge < -0.3 is 4.74 Å². The Hall–Kier alpha value is -0.0800. The first kappa shape index (κ1) is 10.4. The molecule has 2 aliphatic heterocycles. The summed E-state index contributed by atoms with van der Waals surface area (Å²) in [6, 6.07) is 0. The summed E-state index contributed by atoms with van der Waals surface area (Å²) in [7, 11) is 0. The third-order valence-electron chi connectivity index (χ3n) is 3.43. The molecule has 0 aromatic carbocycles. The first-order valence-electron chi connectivity index (χ1n) is 6.27. The highest BCUT2D eigenvalue weighted by atomic mass is 16.6. The summed E-state index contributed by atoms with van der Waals surface area (Å²) in [5, 5.41) is 0. The van der Waals surface area contributed by atoms with Crippen molar-refractivity contribution in [3.63, 3.8) is 0 Å². The standard InChI is InChI=1S/C12H23NO/c1-11-12(14-11)13-9-7-5-3-2-4-6-8-10-13/h11-12H,2-10H2,1H3.